The number of likely N-dealkylation sites (tertiary alicyclic amines) is 1. The average molecular weight is 390 g/mol. The van der Waals surface area contributed by atoms with E-state index in [9.17, 15) is 9.59 Å². The minimum atomic E-state index is -0.206. The molecule has 150 valence electrons. The van der Waals surface area contributed by atoms with Crippen molar-refractivity contribution in [3.63, 3.8) is 0 Å². The number of fused-ring (bicyclic) bond motifs is 1. The van der Waals surface area contributed by atoms with Crippen LogP contribution in [0, 0.1) is 0 Å². The van der Waals surface area contributed by atoms with Crippen LogP contribution in [0.2, 0.25) is 0 Å². The van der Waals surface area contributed by atoms with E-state index in [-0.39, 0.29) is 11.8 Å². The molecule has 4 rings (SSSR count). The number of para-hydroxylation sites is 1. The van der Waals surface area contributed by atoms with Gasteiger partial charge in [-0.25, -0.2) is 0 Å². The fraction of sp³-hybridized carbons (Fsp3) is 0.348. The first-order chi connectivity index (χ1) is 14.2. The molecule has 1 aliphatic rings. The molecule has 1 fully saturated rings. The second-order valence-electron chi connectivity index (χ2n) is 7.53. The summed E-state index contributed by atoms with van der Waals surface area (Å²) in [5.41, 5.74) is 3.17. The smallest absolute Gasteiger partial charge is 0.255 e. The first-order valence-corrected chi connectivity index (χ1v) is 10.3. The molecule has 1 aliphatic heterocycles. The molecule has 0 bridgehead atoms. The number of hydrogen-bond donors (Lipinski definition) is 2. The van der Waals surface area contributed by atoms with Gasteiger partial charge in [-0.15, -0.1) is 0 Å². The van der Waals surface area contributed by atoms with Gasteiger partial charge in [-0.1, -0.05) is 31.0 Å². The summed E-state index contributed by atoms with van der Waals surface area (Å²) >= 11 is 0. The third-order valence-corrected chi connectivity index (χ3v) is 5.50. The molecule has 29 heavy (non-hydrogen) atoms. The van der Waals surface area contributed by atoms with Crippen LogP contribution in [0.4, 0.5) is 0 Å². The number of aromatic nitrogens is 2. The van der Waals surface area contributed by atoms with Gasteiger partial charge in [0.05, 0.1) is 11.1 Å². The summed E-state index contributed by atoms with van der Waals surface area (Å²) in [6, 6.07) is 9.77. The lowest BCUT2D eigenvalue weighted by atomic mass is 10.1. The number of amides is 2. The molecule has 2 amide bonds. The van der Waals surface area contributed by atoms with Crippen LogP contribution >= 0.6 is 0 Å². The van der Waals surface area contributed by atoms with E-state index in [1.54, 1.807) is 12.3 Å². The standard InChI is InChI=1S/C23H26N4O2/c28-22(25-10-9-17-16-26-21-8-4-3-7-20(17)21)18-13-19(15-24-14-18)23(29)27-11-5-1-2-6-12-27/h3-4,7-8,13-16,26H,1-2,5-6,9-12H2,(H,25,28). The topological polar surface area (TPSA) is 78.1 Å². The number of aromatic amines is 1. The molecule has 0 unspecified atom stereocenters. The van der Waals surface area contributed by atoms with E-state index < -0.39 is 0 Å². The van der Waals surface area contributed by atoms with Gasteiger partial charge in [0, 0.05) is 49.1 Å². The number of H-pyrrole nitrogens is 1. The molecular formula is C23H26N4O2. The molecular weight excluding hydrogens is 364 g/mol. The molecule has 0 radical (unpaired) electrons. The van der Waals surface area contributed by atoms with E-state index in [0.29, 0.717) is 17.7 Å². The highest BCUT2D eigenvalue weighted by Crippen LogP contribution is 2.18. The second kappa shape index (κ2) is 8.90. The van der Waals surface area contributed by atoms with Gasteiger partial charge in [-0.05, 0) is 37.0 Å². The maximum atomic E-state index is 12.8. The molecule has 6 heteroatoms. The van der Waals surface area contributed by atoms with Crippen molar-refractivity contribution in [1.82, 2.24) is 20.2 Å². The van der Waals surface area contributed by atoms with Crippen LogP contribution in [0.1, 0.15) is 52.0 Å². The predicted molar refractivity (Wildman–Crippen MR) is 113 cm³/mol. The Kier molecular flexibility index (Phi) is 5.89. The fourth-order valence-corrected chi connectivity index (χ4v) is 3.89. The quantitative estimate of drug-likeness (QED) is 0.699. The molecule has 0 aliphatic carbocycles. The van der Waals surface area contributed by atoms with Gasteiger partial charge < -0.3 is 15.2 Å². The Labute approximate surface area is 170 Å². The van der Waals surface area contributed by atoms with Crippen LogP contribution in [-0.4, -0.2) is 46.3 Å². The first-order valence-electron chi connectivity index (χ1n) is 10.3. The molecule has 3 aromatic rings. The van der Waals surface area contributed by atoms with E-state index in [4.69, 9.17) is 0 Å². The lowest BCUT2D eigenvalue weighted by Crippen LogP contribution is -2.32. The summed E-state index contributed by atoms with van der Waals surface area (Å²) < 4.78 is 0. The van der Waals surface area contributed by atoms with E-state index in [2.05, 4.69) is 21.4 Å². The summed E-state index contributed by atoms with van der Waals surface area (Å²) in [5, 5.41) is 4.11. The van der Waals surface area contributed by atoms with Crippen LogP contribution in [0.3, 0.4) is 0 Å². The Bertz CT molecular complexity index is 1000. The molecule has 0 spiro atoms. The van der Waals surface area contributed by atoms with Crippen LogP contribution in [0.15, 0.2) is 48.9 Å². The van der Waals surface area contributed by atoms with E-state index in [0.717, 1.165) is 37.9 Å². The zero-order valence-electron chi connectivity index (χ0n) is 16.5. The molecule has 3 heterocycles. The normalized spacial score (nSPS) is 14.6. The number of hydrogen-bond acceptors (Lipinski definition) is 3. The van der Waals surface area contributed by atoms with Gasteiger partial charge in [0.25, 0.3) is 11.8 Å². The summed E-state index contributed by atoms with van der Waals surface area (Å²) in [5.74, 6) is -0.240. The predicted octanol–water partition coefficient (Wildman–Crippen LogP) is 3.55. The molecule has 6 nitrogen and oxygen atoms in total. The average Bonchev–Trinajstić information content (AvgIpc) is 2.97. The van der Waals surface area contributed by atoms with Crippen molar-refractivity contribution >= 4 is 22.7 Å². The Morgan fingerprint density at radius 1 is 1.03 bits per heavy atom. The summed E-state index contributed by atoms with van der Waals surface area (Å²) in [6.07, 6.45) is 10.2. The van der Waals surface area contributed by atoms with Crippen molar-refractivity contribution in [1.29, 1.82) is 0 Å². The minimum Gasteiger partial charge on any atom is -0.361 e. The van der Waals surface area contributed by atoms with E-state index in [1.165, 1.54) is 30.0 Å². The van der Waals surface area contributed by atoms with E-state index >= 15 is 0 Å². The van der Waals surface area contributed by atoms with Crippen molar-refractivity contribution < 1.29 is 9.59 Å². The third-order valence-electron chi connectivity index (χ3n) is 5.50. The fourth-order valence-electron chi connectivity index (χ4n) is 3.89. The lowest BCUT2D eigenvalue weighted by molar-refractivity contribution is 0.0761. The van der Waals surface area contributed by atoms with Gasteiger partial charge in [-0.2, -0.15) is 0 Å². The summed E-state index contributed by atoms with van der Waals surface area (Å²) in [7, 11) is 0. The highest BCUT2D eigenvalue weighted by molar-refractivity contribution is 5.99. The summed E-state index contributed by atoms with van der Waals surface area (Å²) in [4.78, 5) is 34.6. The minimum absolute atomic E-state index is 0.0344. The van der Waals surface area contributed by atoms with Gasteiger partial charge in [0.15, 0.2) is 0 Å². The first kappa shape index (κ1) is 19.2. The lowest BCUT2D eigenvalue weighted by Gasteiger charge is -2.20. The van der Waals surface area contributed by atoms with Gasteiger partial charge in [0.1, 0.15) is 0 Å². The Hall–Kier alpha value is -3.15. The molecule has 2 N–H and O–H groups in total. The van der Waals surface area contributed by atoms with Crippen molar-refractivity contribution in [3.05, 3.63) is 65.6 Å². The van der Waals surface area contributed by atoms with Crippen LogP contribution in [-0.2, 0) is 6.42 Å². The molecule has 1 saturated heterocycles. The third kappa shape index (κ3) is 4.47. The molecule has 2 aromatic heterocycles. The number of carbonyl (C=O) groups is 2. The molecule has 0 atom stereocenters. The monoisotopic (exact) mass is 390 g/mol. The highest BCUT2D eigenvalue weighted by Gasteiger charge is 2.19. The molecule has 0 saturated carbocycles. The van der Waals surface area contributed by atoms with Crippen molar-refractivity contribution in [3.8, 4) is 0 Å². The molecule has 1 aromatic carbocycles. The maximum Gasteiger partial charge on any atom is 0.255 e. The number of nitrogens with zero attached hydrogens (tertiary/aromatic N) is 2. The SMILES string of the molecule is O=C(NCCc1c[nH]c2ccccc12)c1cncc(C(=O)N2CCCCCC2)c1. The van der Waals surface area contributed by atoms with Crippen LogP contribution in [0.25, 0.3) is 10.9 Å². The van der Waals surface area contributed by atoms with Gasteiger partial charge >= 0.3 is 0 Å². The largest absolute Gasteiger partial charge is 0.361 e. The zero-order valence-corrected chi connectivity index (χ0v) is 16.5. The summed E-state index contributed by atoms with van der Waals surface area (Å²) in [6.45, 7) is 2.07. The van der Waals surface area contributed by atoms with E-state index in [1.807, 2.05) is 29.3 Å². The number of pyridine rings is 1. The number of carbonyl (C=O) groups excluding carboxylic acids is 2. The highest BCUT2D eigenvalue weighted by atomic mass is 16.2. The van der Waals surface area contributed by atoms with Crippen molar-refractivity contribution in [2.75, 3.05) is 19.6 Å². The Morgan fingerprint density at radius 2 is 1.79 bits per heavy atom. The Balaban J connectivity index is 1.37. The number of nitrogens with one attached hydrogen (secondary N) is 2. The van der Waals surface area contributed by atoms with Crippen molar-refractivity contribution in [2.45, 2.75) is 32.1 Å². The Morgan fingerprint density at radius 3 is 2.62 bits per heavy atom. The van der Waals surface area contributed by atoms with Crippen LogP contribution in [0.5, 0.6) is 0 Å². The maximum absolute atomic E-state index is 12.8. The van der Waals surface area contributed by atoms with Gasteiger partial charge in [-0.3, -0.25) is 14.6 Å². The zero-order chi connectivity index (χ0) is 20.1. The second-order valence-corrected chi connectivity index (χ2v) is 7.53. The van der Waals surface area contributed by atoms with Gasteiger partial charge in [0.2, 0.25) is 0 Å². The van der Waals surface area contributed by atoms with Crippen molar-refractivity contribution in [2.24, 2.45) is 0 Å². The number of benzene rings is 1. The van der Waals surface area contributed by atoms with Crippen LogP contribution < -0.4 is 5.32 Å². The number of rotatable bonds is 5.